The minimum Gasteiger partial charge on any atom is -0.360 e. The topological polar surface area (TPSA) is 60.7 Å². The smallest absolute Gasteiger partial charge is 0.253 e. The lowest BCUT2D eigenvalue weighted by Crippen LogP contribution is -2.35. The lowest BCUT2D eigenvalue weighted by Gasteiger charge is -2.22. The standard InChI is InChI=1S/C19H21N3O/c23-19(22-14-6-2-1-3-7-14)13-10-18(20-11-13)16-12-21-17-9-5-4-8-15(16)17/h4-5,8-12,14,20-21H,1-3,6-7H2,(H,22,23). The number of para-hydroxylation sites is 1. The number of benzene rings is 1. The van der Waals surface area contributed by atoms with Gasteiger partial charge in [0.2, 0.25) is 0 Å². The normalized spacial score (nSPS) is 15.8. The van der Waals surface area contributed by atoms with Gasteiger partial charge in [-0.2, -0.15) is 0 Å². The van der Waals surface area contributed by atoms with Crippen molar-refractivity contribution in [3.05, 3.63) is 48.3 Å². The van der Waals surface area contributed by atoms with Gasteiger partial charge in [0.25, 0.3) is 5.91 Å². The van der Waals surface area contributed by atoms with E-state index >= 15 is 0 Å². The van der Waals surface area contributed by atoms with Gasteiger partial charge in [-0.25, -0.2) is 0 Å². The lowest BCUT2D eigenvalue weighted by atomic mass is 9.95. The second-order valence-electron chi connectivity index (χ2n) is 6.36. The molecule has 3 aromatic rings. The van der Waals surface area contributed by atoms with Gasteiger partial charge in [0.05, 0.1) is 5.56 Å². The van der Waals surface area contributed by atoms with E-state index in [4.69, 9.17) is 0 Å². The van der Waals surface area contributed by atoms with Crippen molar-refractivity contribution in [2.75, 3.05) is 0 Å². The van der Waals surface area contributed by atoms with Crippen molar-refractivity contribution >= 4 is 16.8 Å². The number of aromatic amines is 2. The first-order valence-corrected chi connectivity index (χ1v) is 8.37. The van der Waals surface area contributed by atoms with Gasteiger partial charge in [0, 0.05) is 40.6 Å². The maximum Gasteiger partial charge on any atom is 0.253 e. The van der Waals surface area contributed by atoms with Gasteiger partial charge in [0.15, 0.2) is 0 Å². The average Bonchev–Trinajstić information content (AvgIpc) is 3.22. The number of hydrogen-bond donors (Lipinski definition) is 3. The summed E-state index contributed by atoms with van der Waals surface area (Å²) in [6.45, 7) is 0. The van der Waals surface area contributed by atoms with Gasteiger partial charge in [-0.1, -0.05) is 37.5 Å². The van der Waals surface area contributed by atoms with Crippen LogP contribution in [0.1, 0.15) is 42.5 Å². The molecule has 1 aromatic carbocycles. The number of nitrogens with one attached hydrogen (secondary N) is 3. The van der Waals surface area contributed by atoms with Gasteiger partial charge < -0.3 is 15.3 Å². The van der Waals surface area contributed by atoms with Crippen molar-refractivity contribution in [2.24, 2.45) is 0 Å². The van der Waals surface area contributed by atoms with Gasteiger partial charge in [-0.3, -0.25) is 4.79 Å². The molecule has 4 heteroatoms. The summed E-state index contributed by atoms with van der Waals surface area (Å²) in [5, 5.41) is 4.32. The highest BCUT2D eigenvalue weighted by molar-refractivity contribution is 5.98. The molecule has 0 unspecified atom stereocenters. The fourth-order valence-corrected chi connectivity index (χ4v) is 3.49. The van der Waals surface area contributed by atoms with Crippen LogP contribution < -0.4 is 5.32 Å². The van der Waals surface area contributed by atoms with Crippen LogP contribution in [0.4, 0.5) is 0 Å². The molecule has 4 nitrogen and oxygen atoms in total. The minimum absolute atomic E-state index is 0.0271. The van der Waals surface area contributed by atoms with Crippen molar-refractivity contribution in [3.63, 3.8) is 0 Å². The molecule has 118 valence electrons. The monoisotopic (exact) mass is 307 g/mol. The van der Waals surface area contributed by atoms with E-state index in [2.05, 4.69) is 27.4 Å². The number of carbonyl (C=O) groups excluding carboxylic acids is 1. The predicted octanol–water partition coefficient (Wildman–Crippen LogP) is 4.23. The van der Waals surface area contributed by atoms with Crippen molar-refractivity contribution in [1.29, 1.82) is 0 Å². The Balaban J connectivity index is 1.55. The number of amides is 1. The highest BCUT2D eigenvalue weighted by atomic mass is 16.1. The number of carbonyl (C=O) groups is 1. The molecular weight excluding hydrogens is 286 g/mol. The van der Waals surface area contributed by atoms with E-state index in [0.717, 1.165) is 35.0 Å². The summed E-state index contributed by atoms with van der Waals surface area (Å²) in [7, 11) is 0. The summed E-state index contributed by atoms with van der Waals surface area (Å²) >= 11 is 0. The van der Waals surface area contributed by atoms with E-state index in [1.807, 2.05) is 24.4 Å². The van der Waals surface area contributed by atoms with Crippen LogP contribution in [0.2, 0.25) is 0 Å². The number of fused-ring (bicyclic) bond motifs is 1. The van der Waals surface area contributed by atoms with E-state index in [0.29, 0.717) is 11.6 Å². The summed E-state index contributed by atoms with van der Waals surface area (Å²) in [6.07, 6.45) is 9.73. The fraction of sp³-hybridized carbons (Fsp3) is 0.316. The predicted molar refractivity (Wildman–Crippen MR) is 92.4 cm³/mol. The Morgan fingerprint density at radius 1 is 1.04 bits per heavy atom. The zero-order chi connectivity index (χ0) is 15.6. The Morgan fingerprint density at radius 2 is 1.87 bits per heavy atom. The molecule has 1 aliphatic carbocycles. The summed E-state index contributed by atoms with van der Waals surface area (Å²) in [4.78, 5) is 18.9. The molecule has 4 rings (SSSR count). The lowest BCUT2D eigenvalue weighted by molar-refractivity contribution is 0.0928. The van der Waals surface area contributed by atoms with Crippen LogP contribution in [0.15, 0.2) is 42.7 Å². The minimum atomic E-state index is 0.0271. The largest absolute Gasteiger partial charge is 0.360 e. The maximum atomic E-state index is 12.4. The molecule has 2 heterocycles. The number of H-pyrrole nitrogens is 2. The molecule has 1 fully saturated rings. The Labute approximate surface area is 135 Å². The number of rotatable bonds is 3. The van der Waals surface area contributed by atoms with Crippen molar-refractivity contribution in [3.8, 4) is 11.3 Å². The van der Waals surface area contributed by atoms with Crippen LogP contribution in [0.5, 0.6) is 0 Å². The molecule has 23 heavy (non-hydrogen) atoms. The Bertz CT molecular complexity index is 824. The van der Waals surface area contributed by atoms with Crippen LogP contribution in [-0.4, -0.2) is 21.9 Å². The van der Waals surface area contributed by atoms with Crippen LogP contribution in [0.25, 0.3) is 22.2 Å². The van der Waals surface area contributed by atoms with E-state index in [1.54, 1.807) is 6.20 Å². The van der Waals surface area contributed by atoms with E-state index in [-0.39, 0.29) is 5.91 Å². The first kappa shape index (κ1) is 14.1. The third kappa shape index (κ3) is 2.77. The SMILES string of the molecule is O=C(NC1CCCCC1)c1c[nH]c(-c2c[nH]c3ccccc23)c1. The molecule has 3 N–H and O–H groups in total. The van der Waals surface area contributed by atoms with Crippen LogP contribution in [0.3, 0.4) is 0 Å². The number of hydrogen-bond acceptors (Lipinski definition) is 1. The third-order valence-corrected chi connectivity index (χ3v) is 4.77. The molecule has 1 amide bonds. The summed E-state index contributed by atoms with van der Waals surface area (Å²) in [5.74, 6) is 0.0271. The molecular formula is C19H21N3O. The molecule has 0 bridgehead atoms. The van der Waals surface area contributed by atoms with E-state index < -0.39 is 0 Å². The van der Waals surface area contributed by atoms with E-state index in [1.165, 1.54) is 19.3 Å². The van der Waals surface area contributed by atoms with Crippen molar-refractivity contribution in [1.82, 2.24) is 15.3 Å². The molecule has 1 aliphatic rings. The quantitative estimate of drug-likeness (QED) is 0.666. The van der Waals surface area contributed by atoms with Gasteiger partial charge in [0.1, 0.15) is 0 Å². The van der Waals surface area contributed by atoms with Crippen molar-refractivity contribution < 1.29 is 4.79 Å². The summed E-state index contributed by atoms with van der Waals surface area (Å²) < 4.78 is 0. The molecule has 1 saturated carbocycles. The van der Waals surface area contributed by atoms with Crippen LogP contribution in [-0.2, 0) is 0 Å². The van der Waals surface area contributed by atoms with Crippen molar-refractivity contribution in [2.45, 2.75) is 38.1 Å². The maximum absolute atomic E-state index is 12.4. The average molecular weight is 307 g/mol. The summed E-state index contributed by atoms with van der Waals surface area (Å²) in [5.41, 5.74) is 3.87. The van der Waals surface area contributed by atoms with Gasteiger partial charge >= 0.3 is 0 Å². The zero-order valence-electron chi connectivity index (χ0n) is 13.1. The highest BCUT2D eigenvalue weighted by Crippen LogP contribution is 2.28. The molecule has 2 aromatic heterocycles. The zero-order valence-corrected chi connectivity index (χ0v) is 13.1. The molecule has 0 spiro atoms. The Morgan fingerprint density at radius 3 is 2.74 bits per heavy atom. The highest BCUT2D eigenvalue weighted by Gasteiger charge is 2.18. The van der Waals surface area contributed by atoms with Crippen LogP contribution >= 0.6 is 0 Å². The van der Waals surface area contributed by atoms with Gasteiger partial charge in [-0.15, -0.1) is 0 Å². The fourth-order valence-electron chi connectivity index (χ4n) is 3.49. The first-order valence-electron chi connectivity index (χ1n) is 8.37. The first-order chi connectivity index (χ1) is 11.3. The Hall–Kier alpha value is -2.49. The second kappa shape index (κ2) is 5.95. The molecule has 0 atom stereocenters. The Kier molecular flexibility index (Phi) is 3.66. The summed E-state index contributed by atoms with van der Waals surface area (Å²) in [6, 6.07) is 10.5. The van der Waals surface area contributed by atoms with Gasteiger partial charge in [-0.05, 0) is 25.0 Å². The van der Waals surface area contributed by atoms with E-state index in [9.17, 15) is 4.79 Å². The molecule has 0 saturated heterocycles. The second-order valence-corrected chi connectivity index (χ2v) is 6.36. The molecule has 0 radical (unpaired) electrons. The van der Waals surface area contributed by atoms with Crippen LogP contribution in [0, 0.1) is 0 Å². The molecule has 0 aliphatic heterocycles. The number of aromatic nitrogens is 2. The third-order valence-electron chi connectivity index (χ3n) is 4.77.